The highest BCUT2D eigenvalue weighted by molar-refractivity contribution is 5.71. The molecule has 0 rings (SSSR count). The molecule has 396 valence electrons. The van der Waals surface area contributed by atoms with Gasteiger partial charge < -0.3 is 14.2 Å². The van der Waals surface area contributed by atoms with Crippen LogP contribution in [0.2, 0.25) is 0 Å². The largest absolute Gasteiger partial charge is 0.462 e. The number of hydrogen-bond acceptors (Lipinski definition) is 6. The summed E-state index contributed by atoms with van der Waals surface area (Å²) in [6.07, 6.45) is 74.4. The third-order valence-corrected chi connectivity index (χ3v) is 12.4. The van der Waals surface area contributed by atoms with Gasteiger partial charge in [-0.1, -0.05) is 234 Å². The highest BCUT2D eigenvalue weighted by atomic mass is 16.6. The summed E-state index contributed by atoms with van der Waals surface area (Å²) in [5, 5.41) is 0. The molecule has 0 saturated heterocycles. The predicted molar refractivity (Wildman–Crippen MR) is 297 cm³/mol. The van der Waals surface area contributed by atoms with Crippen LogP contribution in [0.4, 0.5) is 0 Å². The van der Waals surface area contributed by atoms with Crippen LogP contribution in [0.3, 0.4) is 0 Å². The number of carbonyl (C=O) groups is 3. The molecule has 0 saturated carbocycles. The molecule has 6 heteroatoms. The zero-order valence-corrected chi connectivity index (χ0v) is 45.3. The maximum Gasteiger partial charge on any atom is 0.306 e. The molecule has 0 bridgehead atoms. The molecule has 0 radical (unpaired) electrons. The summed E-state index contributed by atoms with van der Waals surface area (Å²) in [5.41, 5.74) is 0. The molecule has 1 unspecified atom stereocenters. The molecule has 0 spiro atoms. The lowest BCUT2D eigenvalue weighted by molar-refractivity contribution is -0.167. The molecule has 0 fully saturated rings. The van der Waals surface area contributed by atoms with Gasteiger partial charge in [-0.25, -0.2) is 0 Å². The number of allylic oxidation sites excluding steroid dienone is 14. The molecule has 1 atom stereocenters. The van der Waals surface area contributed by atoms with Crippen molar-refractivity contribution in [2.45, 2.75) is 284 Å². The summed E-state index contributed by atoms with van der Waals surface area (Å²) in [5.74, 6) is -0.933. The monoisotopic (exact) mass is 961 g/mol. The fourth-order valence-electron chi connectivity index (χ4n) is 7.97. The average Bonchev–Trinajstić information content (AvgIpc) is 3.35. The van der Waals surface area contributed by atoms with Crippen molar-refractivity contribution in [3.8, 4) is 0 Å². The van der Waals surface area contributed by atoms with Gasteiger partial charge in [0.2, 0.25) is 0 Å². The van der Waals surface area contributed by atoms with Crippen molar-refractivity contribution < 1.29 is 28.6 Å². The highest BCUT2D eigenvalue weighted by Gasteiger charge is 2.19. The zero-order chi connectivity index (χ0) is 50.0. The summed E-state index contributed by atoms with van der Waals surface area (Å²) >= 11 is 0. The van der Waals surface area contributed by atoms with Crippen LogP contribution >= 0.6 is 0 Å². The number of ether oxygens (including phenoxy) is 3. The third kappa shape index (κ3) is 55.4. The molecule has 0 N–H and O–H groups in total. The smallest absolute Gasteiger partial charge is 0.306 e. The Bertz CT molecular complexity index is 1330. The second kappa shape index (κ2) is 57.2. The molecule has 6 nitrogen and oxygen atoms in total. The third-order valence-electron chi connectivity index (χ3n) is 12.4. The summed E-state index contributed by atoms with van der Waals surface area (Å²) < 4.78 is 16.8. The van der Waals surface area contributed by atoms with Crippen LogP contribution in [0.25, 0.3) is 0 Å². The van der Waals surface area contributed by atoms with Crippen LogP contribution in [-0.2, 0) is 28.6 Å². The van der Waals surface area contributed by atoms with E-state index in [4.69, 9.17) is 14.2 Å². The van der Waals surface area contributed by atoms with E-state index in [1.807, 2.05) is 0 Å². The SMILES string of the molecule is CC/C=C\C/C=C\C/C=C\C/C=C\C/C=C\CCCCCC(=O)OC(COC(=O)CCCCCCC/C=C\CCCC)COC(=O)CCCCCCCCCCC/C=C\CCCCCCCCCC. The van der Waals surface area contributed by atoms with Crippen LogP contribution in [0.15, 0.2) is 85.1 Å². The Morgan fingerprint density at radius 3 is 0.957 bits per heavy atom. The molecule has 0 aromatic heterocycles. The molecular formula is C63H108O6. The number of unbranched alkanes of at least 4 members (excludes halogenated alkanes) is 27. The van der Waals surface area contributed by atoms with E-state index < -0.39 is 6.10 Å². The predicted octanol–water partition coefficient (Wildman–Crippen LogP) is 19.5. The maximum atomic E-state index is 12.8. The van der Waals surface area contributed by atoms with Crippen molar-refractivity contribution in [2.24, 2.45) is 0 Å². The first kappa shape index (κ1) is 65.6. The summed E-state index contributed by atoms with van der Waals surface area (Å²) in [4.78, 5) is 38.1. The van der Waals surface area contributed by atoms with Crippen molar-refractivity contribution >= 4 is 17.9 Å². The van der Waals surface area contributed by atoms with Gasteiger partial charge in [0, 0.05) is 19.3 Å². The topological polar surface area (TPSA) is 78.9 Å². The number of rotatable bonds is 52. The summed E-state index contributed by atoms with van der Waals surface area (Å²) in [6, 6.07) is 0. The molecular weight excluding hydrogens is 853 g/mol. The minimum atomic E-state index is -0.798. The average molecular weight is 962 g/mol. The standard InChI is InChI=1S/C63H108O6/c1-4-7-10-13-16-19-22-24-26-28-30-31-33-34-36-38-41-44-47-50-53-56-62(65)68-59-60(58-67-61(64)55-52-49-46-43-40-21-18-15-12-9-6-3)69-63(66)57-54-51-48-45-42-39-37-35-32-29-27-25-23-20-17-14-11-8-5-2/h8,11,15,17-18,20,25,27-28,30,32,35,39,42,60H,4-7,9-10,12-14,16,19,21-24,26,29,31,33-34,36-38,40-41,43-59H2,1-3H3/b11-8-,18-15-,20-17-,27-25-,30-28-,35-32-,42-39-. The van der Waals surface area contributed by atoms with E-state index in [9.17, 15) is 14.4 Å². The first-order valence-electron chi connectivity index (χ1n) is 29.1. The van der Waals surface area contributed by atoms with Crippen molar-refractivity contribution in [1.29, 1.82) is 0 Å². The molecule has 0 amide bonds. The van der Waals surface area contributed by atoms with Crippen LogP contribution in [0, 0.1) is 0 Å². The molecule has 0 aliphatic rings. The van der Waals surface area contributed by atoms with Crippen LogP contribution in [0.1, 0.15) is 278 Å². The van der Waals surface area contributed by atoms with Gasteiger partial charge in [0.1, 0.15) is 13.2 Å². The summed E-state index contributed by atoms with van der Waals surface area (Å²) in [6.45, 7) is 6.46. The van der Waals surface area contributed by atoms with Gasteiger partial charge in [0.05, 0.1) is 0 Å². The van der Waals surface area contributed by atoms with Gasteiger partial charge >= 0.3 is 17.9 Å². The van der Waals surface area contributed by atoms with Crippen LogP contribution in [-0.4, -0.2) is 37.2 Å². The minimum absolute atomic E-state index is 0.0934. The van der Waals surface area contributed by atoms with Crippen LogP contribution < -0.4 is 0 Å². The number of esters is 3. The van der Waals surface area contributed by atoms with E-state index in [-0.39, 0.29) is 37.5 Å². The van der Waals surface area contributed by atoms with Gasteiger partial charge in [0.25, 0.3) is 0 Å². The first-order valence-corrected chi connectivity index (χ1v) is 29.1. The normalized spacial score (nSPS) is 12.7. The fourth-order valence-corrected chi connectivity index (χ4v) is 7.97. The van der Waals surface area contributed by atoms with Crippen molar-refractivity contribution in [1.82, 2.24) is 0 Å². The van der Waals surface area contributed by atoms with Crippen molar-refractivity contribution in [2.75, 3.05) is 13.2 Å². The minimum Gasteiger partial charge on any atom is -0.462 e. The zero-order valence-electron chi connectivity index (χ0n) is 45.3. The quantitative estimate of drug-likeness (QED) is 0.0262. The Morgan fingerprint density at radius 1 is 0.304 bits per heavy atom. The van der Waals surface area contributed by atoms with Gasteiger partial charge in [-0.3, -0.25) is 14.4 Å². The van der Waals surface area contributed by atoms with Gasteiger partial charge in [-0.05, 0) is 109 Å². The lowest BCUT2D eigenvalue weighted by Gasteiger charge is -2.18. The van der Waals surface area contributed by atoms with Gasteiger partial charge in [-0.2, -0.15) is 0 Å². The molecule has 0 aliphatic carbocycles. The Hall–Kier alpha value is -3.41. The van der Waals surface area contributed by atoms with E-state index in [0.717, 1.165) is 109 Å². The lowest BCUT2D eigenvalue weighted by atomic mass is 10.1. The first-order chi connectivity index (χ1) is 34.0. The number of hydrogen-bond donors (Lipinski definition) is 0. The number of carbonyl (C=O) groups excluding carboxylic acids is 3. The second-order valence-corrected chi connectivity index (χ2v) is 19.2. The molecule has 0 aromatic carbocycles. The van der Waals surface area contributed by atoms with E-state index >= 15 is 0 Å². The van der Waals surface area contributed by atoms with E-state index in [2.05, 4.69) is 106 Å². The fraction of sp³-hybridized carbons (Fsp3) is 0.730. The molecule has 0 aromatic rings. The molecule has 0 heterocycles. The lowest BCUT2D eigenvalue weighted by Crippen LogP contribution is -2.30. The van der Waals surface area contributed by atoms with E-state index in [0.29, 0.717) is 12.8 Å². The van der Waals surface area contributed by atoms with Crippen LogP contribution in [0.5, 0.6) is 0 Å². The van der Waals surface area contributed by atoms with Crippen molar-refractivity contribution in [3.05, 3.63) is 85.1 Å². The molecule has 0 aliphatic heterocycles. The summed E-state index contributed by atoms with van der Waals surface area (Å²) in [7, 11) is 0. The Labute approximate surface area is 426 Å². The van der Waals surface area contributed by atoms with Crippen molar-refractivity contribution in [3.63, 3.8) is 0 Å². The highest BCUT2D eigenvalue weighted by Crippen LogP contribution is 2.15. The Balaban J connectivity index is 4.38. The second-order valence-electron chi connectivity index (χ2n) is 19.2. The van der Waals surface area contributed by atoms with Gasteiger partial charge in [-0.15, -0.1) is 0 Å². The maximum absolute atomic E-state index is 12.8. The Morgan fingerprint density at radius 2 is 0.580 bits per heavy atom. The van der Waals surface area contributed by atoms with Gasteiger partial charge in [0.15, 0.2) is 6.10 Å². The molecule has 69 heavy (non-hydrogen) atoms. The van der Waals surface area contributed by atoms with E-state index in [1.165, 1.54) is 128 Å². The van der Waals surface area contributed by atoms with E-state index in [1.54, 1.807) is 0 Å². The Kier molecular flexibility index (Phi) is 54.3.